The molecule has 0 aliphatic rings. The molecule has 0 unspecified atom stereocenters. The molecule has 30 heavy (non-hydrogen) atoms. The van der Waals surface area contributed by atoms with Crippen molar-refractivity contribution < 1.29 is 19.1 Å². The van der Waals surface area contributed by atoms with Crippen molar-refractivity contribution in [1.29, 1.82) is 0 Å². The highest BCUT2D eigenvalue weighted by molar-refractivity contribution is 9.10. The second-order valence-corrected chi connectivity index (χ2v) is 8.36. The number of carbonyl (C=O) groups is 2. The van der Waals surface area contributed by atoms with Crippen molar-refractivity contribution in [2.45, 2.75) is 41.5 Å². The fourth-order valence-electron chi connectivity index (χ4n) is 2.00. The van der Waals surface area contributed by atoms with E-state index < -0.39 is 0 Å². The Labute approximate surface area is 194 Å². The highest BCUT2D eigenvalue weighted by Gasteiger charge is 2.05. The lowest BCUT2D eigenvalue weighted by Gasteiger charge is -2.10. The summed E-state index contributed by atoms with van der Waals surface area (Å²) >= 11 is 9.05. The molecule has 0 radical (unpaired) electrons. The second-order valence-electron chi connectivity index (χ2n) is 7.01. The Morgan fingerprint density at radius 3 is 1.70 bits per heavy atom. The van der Waals surface area contributed by atoms with Crippen molar-refractivity contribution in [2.75, 3.05) is 13.2 Å². The first kappa shape index (κ1) is 28.2. The van der Waals surface area contributed by atoms with Crippen LogP contribution in [-0.2, 0) is 0 Å². The van der Waals surface area contributed by atoms with Gasteiger partial charge in [-0.25, -0.2) is 0 Å². The molecule has 0 N–H and O–H groups in total. The minimum absolute atomic E-state index is 0.435. The molecule has 0 atom stereocenters. The van der Waals surface area contributed by atoms with Crippen LogP contribution in [0, 0.1) is 11.8 Å². The quantitative estimate of drug-likeness (QED) is 0.353. The van der Waals surface area contributed by atoms with Gasteiger partial charge in [-0.3, -0.25) is 9.59 Å². The van der Waals surface area contributed by atoms with Crippen LogP contribution in [0.25, 0.3) is 0 Å². The van der Waals surface area contributed by atoms with Crippen LogP contribution in [-0.4, -0.2) is 25.8 Å². The van der Waals surface area contributed by atoms with Gasteiger partial charge in [0, 0.05) is 9.50 Å². The first-order valence-corrected chi connectivity index (χ1v) is 11.2. The van der Waals surface area contributed by atoms with E-state index in [0.29, 0.717) is 52.7 Å². The molecule has 0 spiro atoms. The topological polar surface area (TPSA) is 52.6 Å². The molecular formula is C24H32BrClO4. The predicted molar refractivity (Wildman–Crippen MR) is 128 cm³/mol. The summed E-state index contributed by atoms with van der Waals surface area (Å²) in [5.41, 5.74) is 1.08. The number of aldehydes is 2. The molecule has 6 heteroatoms. The molecule has 0 bridgehead atoms. The highest BCUT2D eigenvalue weighted by Crippen LogP contribution is 2.22. The molecule has 0 saturated heterocycles. The SMILES string of the molecule is CC.CC(C)COc1ccc(Br)cc1C=O.CC(C)COc1ccc(Cl)cc1C=O. The minimum atomic E-state index is 0.435. The average molecular weight is 500 g/mol. The zero-order chi connectivity index (χ0) is 23.1. The van der Waals surface area contributed by atoms with E-state index in [4.69, 9.17) is 21.1 Å². The molecule has 0 aromatic heterocycles. The van der Waals surface area contributed by atoms with E-state index in [1.54, 1.807) is 30.3 Å². The van der Waals surface area contributed by atoms with E-state index in [0.717, 1.165) is 17.0 Å². The first-order valence-electron chi connectivity index (χ1n) is 10.0. The molecule has 0 aliphatic heterocycles. The van der Waals surface area contributed by atoms with Crippen LogP contribution in [0.3, 0.4) is 0 Å². The van der Waals surface area contributed by atoms with Gasteiger partial charge in [0.05, 0.1) is 24.3 Å². The fraction of sp³-hybridized carbons (Fsp3) is 0.417. The van der Waals surface area contributed by atoms with Gasteiger partial charge in [-0.15, -0.1) is 0 Å². The van der Waals surface area contributed by atoms with Gasteiger partial charge in [-0.2, -0.15) is 0 Å². The Bertz CT molecular complexity index is 710. The molecule has 2 aromatic rings. The number of benzene rings is 2. The molecule has 0 amide bonds. The number of hydrogen-bond donors (Lipinski definition) is 0. The molecule has 0 fully saturated rings. The Balaban J connectivity index is 0.000000518. The summed E-state index contributed by atoms with van der Waals surface area (Å²) < 4.78 is 11.8. The van der Waals surface area contributed by atoms with Crippen molar-refractivity contribution >= 4 is 40.1 Å². The minimum Gasteiger partial charge on any atom is -0.493 e. The van der Waals surface area contributed by atoms with Gasteiger partial charge in [0.15, 0.2) is 12.6 Å². The summed E-state index contributed by atoms with van der Waals surface area (Å²) in [4.78, 5) is 21.4. The van der Waals surface area contributed by atoms with Crippen LogP contribution < -0.4 is 9.47 Å². The smallest absolute Gasteiger partial charge is 0.153 e. The van der Waals surface area contributed by atoms with Gasteiger partial charge in [0.1, 0.15) is 11.5 Å². The zero-order valence-corrected chi connectivity index (χ0v) is 20.9. The second kappa shape index (κ2) is 15.9. The number of hydrogen-bond acceptors (Lipinski definition) is 4. The van der Waals surface area contributed by atoms with Crippen LogP contribution in [0.1, 0.15) is 62.3 Å². The lowest BCUT2D eigenvalue weighted by atomic mass is 10.2. The average Bonchev–Trinajstić information content (AvgIpc) is 2.73. The third-order valence-corrected chi connectivity index (χ3v) is 4.07. The largest absolute Gasteiger partial charge is 0.493 e. The number of ether oxygens (including phenoxy) is 2. The number of halogens is 2. The van der Waals surface area contributed by atoms with Gasteiger partial charge in [0.25, 0.3) is 0 Å². The predicted octanol–water partition coefficient (Wildman–Crippen LogP) is 7.51. The maximum absolute atomic E-state index is 10.7. The van der Waals surface area contributed by atoms with Crippen molar-refractivity contribution in [3.05, 3.63) is 57.0 Å². The lowest BCUT2D eigenvalue weighted by molar-refractivity contribution is 0.111. The van der Waals surface area contributed by atoms with Crippen LogP contribution in [0.4, 0.5) is 0 Å². The van der Waals surface area contributed by atoms with Crippen molar-refractivity contribution in [3.63, 3.8) is 0 Å². The van der Waals surface area contributed by atoms with Gasteiger partial charge >= 0.3 is 0 Å². The summed E-state index contributed by atoms with van der Waals surface area (Å²) in [7, 11) is 0. The first-order chi connectivity index (χ1) is 14.3. The summed E-state index contributed by atoms with van der Waals surface area (Å²) in [5.74, 6) is 2.14. The summed E-state index contributed by atoms with van der Waals surface area (Å²) in [6, 6.07) is 10.4. The maximum atomic E-state index is 10.7. The monoisotopic (exact) mass is 498 g/mol. The Morgan fingerprint density at radius 1 is 0.833 bits per heavy atom. The van der Waals surface area contributed by atoms with Crippen LogP contribution >= 0.6 is 27.5 Å². The van der Waals surface area contributed by atoms with Gasteiger partial charge < -0.3 is 9.47 Å². The molecule has 0 heterocycles. The van der Waals surface area contributed by atoms with Gasteiger partial charge in [-0.1, -0.05) is 69.1 Å². The van der Waals surface area contributed by atoms with Crippen LogP contribution in [0.5, 0.6) is 11.5 Å². The molecule has 166 valence electrons. The fourth-order valence-corrected chi connectivity index (χ4v) is 2.56. The van der Waals surface area contributed by atoms with Crippen LogP contribution in [0.2, 0.25) is 5.02 Å². The third kappa shape index (κ3) is 11.4. The summed E-state index contributed by atoms with van der Waals surface area (Å²) in [6.07, 6.45) is 1.56. The van der Waals surface area contributed by atoms with Crippen LogP contribution in [0.15, 0.2) is 40.9 Å². The molecule has 0 aliphatic carbocycles. The molecule has 4 nitrogen and oxygen atoms in total. The summed E-state index contributed by atoms with van der Waals surface area (Å²) in [5, 5.41) is 0.545. The van der Waals surface area contributed by atoms with Gasteiger partial charge in [0.2, 0.25) is 0 Å². The lowest BCUT2D eigenvalue weighted by Crippen LogP contribution is -2.05. The van der Waals surface area contributed by atoms with Crippen molar-refractivity contribution in [3.8, 4) is 11.5 Å². The van der Waals surface area contributed by atoms with E-state index >= 15 is 0 Å². The Hall–Kier alpha value is -1.85. The van der Waals surface area contributed by atoms with E-state index in [9.17, 15) is 9.59 Å². The van der Waals surface area contributed by atoms with Crippen molar-refractivity contribution in [1.82, 2.24) is 0 Å². The standard InChI is InChI=1S/C11H13BrO2.C11H13ClO2.C2H6/c2*1-8(2)7-14-11-4-3-10(12)5-9(11)6-13;1-2/h2*3-6,8H,7H2,1-2H3;1-2H3. The third-order valence-electron chi connectivity index (χ3n) is 3.34. The van der Waals surface area contributed by atoms with E-state index in [-0.39, 0.29) is 0 Å². The van der Waals surface area contributed by atoms with E-state index in [1.165, 1.54) is 0 Å². The molecule has 2 aromatic carbocycles. The van der Waals surface area contributed by atoms with Crippen molar-refractivity contribution in [2.24, 2.45) is 11.8 Å². The van der Waals surface area contributed by atoms with E-state index in [1.807, 2.05) is 19.9 Å². The number of rotatable bonds is 8. The molecular weight excluding hydrogens is 468 g/mol. The summed E-state index contributed by atoms with van der Waals surface area (Å²) in [6.45, 7) is 13.5. The highest BCUT2D eigenvalue weighted by atomic mass is 79.9. The molecule has 2 rings (SSSR count). The number of carbonyl (C=O) groups excluding carboxylic acids is 2. The Morgan fingerprint density at radius 2 is 1.27 bits per heavy atom. The van der Waals surface area contributed by atoms with Gasteiger partial charge in [-0.05, 0) is 48.2 Å². The zero-order valence-electron chi connectivity index (χ0n) is 18.6. The normalized spacial score (nSPS) is 9.80. The van der Waals surface area contributed by atoms with E-state index in [2.05, 4.69) is 43.6 Å². The Kier molecular flexibility index (Phi) is 14.9. The maximum Gasteiger partial charge on any atom is 0.153 e. The molecule has 0 saturated carbocycles.